The van der Waals surface area contributed by atoms with Crippen molar-refractivity contribution < 1.29 is 5.21 Å². The van der Waals surface area contributed by atoms with Gasteiger partial charge in [-0.1, -0.05) is 48.6 Å². The predicted molar refractivity (Wildman–Crippen MR) is 67.5 cm³/mol. The number of hydrogen-bond donors (Lipinski definition) is 1. The fraction of sp³-hybridized carbons (Fsp3) is 0. The highest BCUT2D eigenvalue weighted by molar-refractivity contribution is 7.72. The van der Waals surface area contributed by atoms with Crippen LogP contribution in [0.15, 0.2) is 48.5 Å². The van der Waals surface area contributed by atoms with Crippen molar-refractivity contribution in [3.63, 3.8) is 0 Å². The number of rotatable bonds is 0. The summed E-state index contributed by atoms with van der Waals surface area (Å²) >= 11 is 5.43. The van der Waals surface area contributed by atoms with Gasteiger partial charge in [0.1, 0.15) is 0 Å². The topological polar surface area (TPSA) is 25.2 Å². The molecule has 0 unspecified atom stereocenters. The van der Waals surface area contributed by atoms with E-state index < -0.39 is 0 Å². The molecule has 2 aromatic carbocycles. The Morgan fingerprint density at radius 1 is 0.812 bits per heavy atom. The van der Waals surface area contributed by atoms with Crippen molar-refractivity contribution in [3.8, 4) is 0 Å². The highest BCUT2D eigenvalue weighted by Gasteiger charge is 2.05. The SMILES string of the molecule is On1c2ccccc2c(=S)c2ccccc21. The molecular weight excluding hydrogens is 218 g/mol. The van der Waals surface area contributed by atoms with E-state index in [0.717, 1.165) is 26.3 Å². The van der Waals surface area contributed by atoms with Gasteiger partial charge in [-0.3, -0.25) is 0 Å². The Balaban J connectivity index is 2.73. The molecule has 2 nitrogen and oxygen atoms in total. The molecule has 16 heavy (non-hydrogen) atoms. The maximum absolute atomic E-state index is 10.1. The Hall–Kier alpha value is -1.87. The molecule has 0 aliphatic rings. The Morgan fingerprint density at radius 2 is 1.25 bits per heavy atom. The van der Waals surface area contributed by atoms with E-state index in [-0.39, 0.29) is 0 Å². The lowest BCUT2D eigenvalue weighted by atomic mass is 10.1. The van der Waals surface area contributed by atoms with Gasteiger partial charge in [0.25, 0.3) is 0 Å². The van der Waals surface area contributed by atoms with E-state index >= 15 is 0 Å². The summed E-state index contributed by atoms with van der Waals surface area (Å²) in [6.45, 7) is 0. The van der Waals surface area contributed by atoms with Crippen LogP contribution >= 0.6 is 12.2 Å². The van der Waals surface area contributed by atoms with E-state index in [1.165, 1.54) is 4.73 Å². The van der Waals surface area contributed by atoms with Crippen LogP contribution < -0.4 is 0 Å². The molecule has 0 atom stereocenters. The summed E-state index contributed by atoms with van der Waals surface area (Å²) in [6, 6.07) is 15.2. The zero-order valence-corrected chi connectivity index (χ0v) is 9.24. The summed E-state index contributed by atoms with van der Waals surface area (Å²) in [5.41, 5.74) is 1.48. The minimum atomic E-state index is 0.742. The molecule has 0 fully saturated rings. The number of hydrogen-bond acceptors (Lipinski definition) is 2. The third-order valence-corrected chi connectivity index (χ3v) is 3.19. The van der Waals surface area contributed by atoms with Crippen LogP contribution in [-0.4, -0.2) is 9.94 Å². The lowest BCUT2D eigenvalue weighted by Crippen LogP contribution is -1.97. The number of nitrogens with zero attached hydrogens (tertiary/aromatic N) is 1. The van der Waals surface area contributed by atoms with Gasteiger partial charge in [0.15, 0.2) is 0 Å². The molecule has 0 amide bonds. The van der Waals surface area contributed by atoms with Crippen LogP contribution in [0.2, 0.25) is 0 Å². The molecule has 0 saturated heterocycles. The molecule has 0 aliphatic heterocycles. The lowest BCUT2D eigenvalue weighted by Gasteiger charge is -2.08. The summed E-state index contributed by atoms with van der Waals surface area (Å²) in [6.07, 6.45) is 0. The molecule has 1 N–H and O–H groups in total. The zero-order valence-electron chi connectivity index (χ0n) is 8.42. The van der Waals surface area contributed by atoms with Crippen LogP contribution in [-0.2, 0) is 0 Å². The molecule has 3 aromatic rings. The van der Waals surface area contributed by atoms with Crippen LogP contribution in [0.5, 0.6) is 0 Å². The standard InChI is InChI=1S/C13H9NOS/c15-14-11-7-3-1-5-9(11)13(16)10-6-2-4-8-12(10)14/h1-8,15H. The first-order chi connectivity index (χ1) is 7.79. The Labute approximate surface area is 97.3 Å². The van der Waals surface area contributed by atoms with Crippen LogP contribution in [0.1, 0.15) is 0 Å². The summed E-state index contributed by atoms with van der Waals surface area (Å²) in [7, 11) is 0. The van der Waals surface area contributed by atoms with E-state index in [0.29, 0.717) is 0 Å². The van der Waals surface area contributed by atoms with Gasteiger partial charge in [-0.2, -0.15) is 4.73 Å². The molecule has 0 bridgehead atoms. The van der Waals surface area contributed by atoms with Gasteiger partial charge in [0, 0.05) is 10.8 Å². The molecule has 0 radical (unpaired) electrons. The van der Waals surface area contributed by atoms with Crippen molar-refractivity contribution in [2.75, 3.05) is 0 Å². The summed E-state index contributed by atoms with van der Waals surface area (Å²) in [5.74, 6) is 0. The quantitative estimate of drug-likeness (QED) is 0.359. The fourth-order valence-electron chi connectivity index (χ4n) is 1.98. The Kier molecular flexibility index (Phi) is 1.94. The smallest absolute Gasteiger partial charge is 0.0886 e. The van der Waals surface area contributed by atoms with E-state index in [2.05, 4.69) is 0 Å². The van der Waals surface area contributed by atoms with Crippen molar-refractivity contribution in [3.05, 3.63) is 53.0 Å². The molecule has 0 spiro atoms. The minimum Gasteiger partial charge on any atom is -0.428 e. The van der Waals surface area contributed by atoms with Gasteiger partial charge in [0.2, 0.25) is 0 Å². The number of para-hydroxylation sites is 2. The third-order valence-electron chi connectivity index (χ3n) is 2.75. The van der Waals surface area contributed by atoms with Gasteiger partial charge in [-0.25, -0.2) is 0 Å². The molecule has 1 aromatic heterocycles. The largest absolute Gasteiger partial charge is 0.428 e. The van der Waals surface area contributed by atoms with Crippen molar-refractivity contribution in [1.82, 2.24) is 4.73 Å². The van der Waals surface area contributed by atoms with E-state index in [9.17, 15) is 5.21 Å². The highest BCUT2D eigenvalue weighted by atomic mass is 32.1. The summed E-state index contributed by atoms with van der Waals surface area (Å²) in [5, 5.41) is 11.9. The van der Waals surface area contributed by atoms with Gasteiger partial charge < -0.3 is 5.21 Å². The molecule has 78 valence electrons. The van der Waals surface area contributed by atoms with Gasteiger partial charge in [0.05, 0.1) is 15.5 Å². The zero-order chi connectivity index (χ0) is 11.1. The Morgan fingerprint density at radius 3 is 1.75 bits per heavy atom. The average Bonchev–Trinajstić information content (AvgIpc) is 2.36. The fourth-order valence-corrected chi connectivity index (χ4v) is 2.32. The second-order valence-corrected chi connectivity index (χ2v) is 4.08. The van der Waals surface area contributed by atoms with Crippen molar-refractivity contribution in [2.45, 2.75) is 0 Å². The Bertz CT molecular complexity index is 686. The number of pyridine rings is 1. The predicted octanol–water partition coefficient (Wildman–Crippen LogP) is 3.76. The number of aromatic nitrogens is 1. The van der Waals surface area contributed by atoms with Crippen molar-refractivity contribution in [2.24, 2.45) is 0 Å². The van der Waals surface area contributed by atoms with E-state index in [4.69, 9.17) is 12.2 Å². The molecular formula is C13H9NOS. The van der Waals surface area contributed by atoms with E-state index in [1.807, 2.05) is 48.5 Å². The van der Waals surface area contributed by atoms with Crippen LogP contribution in [0.25, 0.3) is 21.8 Å². The first-order valence-corrected chi connectivity index (χ1v) is 5.41. The van der Waals surface area contributed by atoms with Crippen LogP contribution in [0, 0.1) is 4.51 Å². The van der Waals surface area contributed by atoms with Gasteiger partial charge in [-0.15, -0.1) is 0 Å². The van der Waals surface area contributed by atoms with Crippen LogP contribution in [0.3, 0.4) is 0 Å². The lowest BCUT2D eigenvalue weighted by molar-refractivity contribution is 0.211. The normalized spacial score (nSPS) is 11.0. The minimum absolute atomic E-state index is 0.742. The molecule has 0 saturated carbocycles. The van der Waals surface area contributed by atoms with Crippen molar-refractivity contribution in [1.29, 1.82) is 0 Å². The molecule has 3 heteroatoms. The molecule has 0 aliphatic carbocycles. The van der Waals surface area contributed by atoms with Gasteiger partial charge >= 0.3 is 0 Å². The van der Waals surface area contributed by atoms with E-state index in [1.54, 1.807) is 0 Å². The first kappa shape index (κ1) is 9.36. The summed E-state index contributed by atoms with van der Waals surface area (Å²) < 4.78 is 1.98. The second-order valence-electron chi connectivity index (χ2n) is 3.68. The van der Waals surface area contributed by atoms with Gasteiger partial charge in [-0.05, 0) is 12.1 Å². The monoisotopic (exact) mass is 227 g/mol. The first-order valence-electron chi connectivity index (χ1n) is 5.01. The van der Waals surface area contributed by atoms with Crippen molar-refractivity contribution >= 4 is 34.0 Å². The second kappa shape index (κ2) is 3.32. The maximum atomic E-state index is 10.1. The highest BCUT2D eigenvalue weighted by Crippen LogP contribution is 2.23. The average molecular weight is 227 g/mol. The summed E-state index contributed by atoms with van der Waals surface area (Å²) in [4.78, 5) is 0. The van der Waals surface area contributed by atoms with Crippen LogP contribution in [0.4, 0.5) is 0 Å². The number of benzene rings is 2. The maximum Gasteiger partial charge on any atom is 0.0886 e. The third kappa shape index (κ3) is 1.15. The number of fused-ring (bicyclic) bond motifs is 2. The molecule has 3 rings (SSSR count). The molecule has 1 heterocycles.